The number of ether oxygens (including phenoxy) is 1. The Bertz CT molecular complexity index is 1210. The zero-order valence-electron chi connectivity index (χ0n) is 15.9. The van der Waals surface area contributed by atoms with Crippen molar-refractivity contribution in [3.63, 3.8) is 0 Å². The normalized spacial score (nSPS) is 16.1. The number of nitro benzene ring substituents is 1. The van der Waals surface area contributed by atoms with Crippen LogP contribution in [-0.4, -0.2) is 43.7 Å². The van der Waals surface area contributed by atoms with Crippen LogP contribution in [0.4, 0.5) is 11.4 Å². The number of sulfonamides is 1. The van der Waals surface area contributed by atoms with E-state index in [1.165, 1.54) is 31.2 Å². The number of esters is 1. The van der Waals surface area contributed by atoms with E-state index in [1.54, 1.807) is 12.1 Å². The van der Waals surface area contributed by atoms with Gasteiger partial charge in [-0.05, 0) is 31.2 Å². The van der Waals surface area contributed by atoms with Crippen molar-refractivity contribution in [1.82, 2.24) is 4.72 Å². The number of anilines is 1. The third kappa shape index (κ3) is 4.98. The molecule has 13 heteroatoms. The molecule has 2 aromatic rings. The summed E-state index contributed by atoms with van der Waals surface area (Å²) >= 11 is 5.71. The topological polar surface area (TPSA) is 157 Å². The standard InChI is InChI=1S/C18H15ClN4O7S/c1-10(20-17-12-4-2-3-5-15(12)31(28,29)22-17)18(25)30-9-16(24)21-13-7-6-11(19)8-14(13)23(26)27/h2-8,10H,9H2,1H3,(H,20,22)(H,21,24)/t10-/m0/s1. The number of halogens is 1. The minimum absolute atomic E-state index is 0.0127. The predicted molar refractivity (Wildman–Crippen MR) is 110 cm³/mol. The van der Waals surface area contributed by atoms with Crippen molar-refractivity contribution in [3.05, 3.63) is 63.2 Å². The van der Waals surface area contributed by atoms with Gasteiger partial charge in [0.15, 0.2) is 6.61 Å². The summed E-state index contributed by atoms with van der Waals surface area (Å²) in [4.78, 5) is 38.6. The molecule has 0 aromatic heterocycles. The summed E-state index contributed by atoms with van der Waals surface area (Å²) in [7, 11) is -3.76. The van der Waals surface area contributed by atoms with Crippen molar-refractivity contribution in [2.45, 2.75) is 17.9 Å². The quantitative estimate of drug-likeness (QED) is 0.373. The van der Waals surface area contributed by atoms with E-state index < -0.39 is 45.2 Å². The lowest BCUT2D eigenvalue weighted by atomic mass is 10.2. The molecule has 1 atom stereocenters. The molecular weight excluding hydrogens is 452 g/mol. The Morgan fingerprint density at radius 3 is 2.71 bits per heavy atom. The first-order valence-corrected chi connectivity index (χ1v) is 10.5. The summed E-state index contributed by atoms with van der Waals surface area (Å²) < 4.78 is 31.3. The average molecular weight is 467 g/mol. The molecule has 0 spiro atoms. The first-order valence-electron chi connectivity index (χ1n) is 8.69. The molecule has 1 amide bonds. The van der Waals surface area contributed by atoms with E-state index in [9.17, 15) is 28.1 Å². The van der Waals surface area contributed by atoms with Crippen LogP contribution in [-0.2, 0) is 24.3 Å². The number of nitrogens with one attached hydrogen (secondary N) is 2. The second-order valence-electron chi connectivity index (χ2n) is 6.33. The van der Waals surface area contributed by atoms with Gasteiger partial charge in [-0.15, -0.1) is 0 Å². The first-order chi connectivity index (χ1) is 14.6. The lowest BCUT2D eigenvalue weighted by Crippen LogP contribution is -2.29. The smallest absolute Gasteiger partial charge is 0.331 e. The third-order valence-electron chi connectivity index (χ3n) is 4.10. The van der Waals surface area contributed by atoms with Crippen LogP contribution in [0.5, 0.6) is 0 Å². The Balaban J connectivity index is 1.63. The molecule has 2 aromatic carbocycles. The van der Waals surface area contributed by atoms with E-state index in [0.717, 1.165) is 6.07 Å². The van der Waals surface area contributed by atoms with E-state index in [4.69, 9.17) is 16.3 Å². The molecule has 31 heavy (non-hydrogen) atoms. The number of benzene rings is 2. The Hall–Kier alpha value is -3.51. The molecule has 0 bridgehead atoms. The largest absolute Gasteiger partial charge is 0.454 e. The zero-order chi connectivity index (χ0) is 22.8. The van der Waals surface area contributed by atoms with Crippen LogP contribution >= 0.6 is 11.6 Å². The number of aliphatic imine (C=N–C) groups is 1. The minimum Gasteiger partial charge on any atom is -0.454 e. The summed E-state index contributed by atoms with van der Waals surface area (Å²) in [5.74, 6) is -1.72. The molecule has 0 saturated heterocycles. The Labute approximate surface area is 181 Å². The molecule has 0 unspecified atom stereocenters. The number of amidine groups is 1. The van der Waals surface area contributed by atoms with Gasteiger partial charge in [-0.3, -0.25) is 24.6 Å². The monoisotopic (exact) mass is 466 g/mol. The van der Waals surface area contributed by atoms with Gasteiger partial charge in [-0.25, -0.2) is 13.2 Å². The zero-order valence-corrected chi connectivity index (χ0v) is 17.4. The van der Waals surface area contributed by atoms with Crippen molar-refractivity contribution >= 4 is 50.7 Å². The van der Waals surface area contributed by atoms with Crippen molar-refractivity contribution in [2.75, 3.05) is 11.9 Å². The lowest BCUT2D eigenvalue weighted by molar-refractivity contribution is -0.383. The molecule has 2 N–H and O–H groups in total. The van der Waals surface area contributed by atoms with Gasteiger partial charge in [0.2, 0.25) is 0 Å². The number of carbonyl (C=O) groups is 2. The maximum Gasteiger partial charge on any atom is 0.331 e. The van der Waals surface area contributed by atoms with Gasteiger partial charge < -0.3 is 10.1 Å². The molecular formula is C18H15ClN4O7S. The number of rotatable bonds is 6. The molecule has 0 aliphatic carbocycles. The number of hydrogen-bond acceptors (Lipinski definition) is 8. The SMILES string of the molecule is C[C@H](N=C1NS(=O)(=O)c2ccccc21)C(=O)OCC(=O)Nc1ccc(Cl)cc1[N+](=O)[O-]. The van der Waals surface area contributed by atoms with Crippen LogP contribution in [0.3, 0.4) is 0 Å². The molecule has 11 nitrogen and oxygen atoms in total. The van der Waals surface area contributed by atoms with Gasteiger partial charge in [0.25, 0.3) is 21.6 Å². The fourth-order valence-corrected chi connectivity index (χ4v) is 4.09. The number of nitro groups is 1. The van der Waals surface area contributed by atoms with Crippen LogP contribution in [0.25, 0.3) is 0 Å². The highest BCUT2D eigenvalue weighted by molar-refractivity contribution is 7.90. The molecule has 1 heterocycles. The second-order valence-corrected chi connectivity index (χ2v) is 8.42. The molecule has 0 saturated carbocycles. The third-order valence-corrected chi connectivity index (χ3v) is 5.73. The van der Waals surface area contributed by atoms with E-state index in [1.807, 2.05) is 0 Å². The summed E-state index contributed by atoms with van der Waals surface area (Å²) in [6.45, 7) is 0.641. The van der Waals surface area contributed by atoms with Crippen LogP contribution in [0, 0.1) is 10.1 Å². The summed E-state index contributed by atoms with van der Waals surface area (Å²) in [5.41, 5.74) is -0.213. The highest BCUT2D eigenvalue weighted by Gasteiger charge is 2.31. The maximum atomic E-state index is 12.2. The average Bonchev–Trinajstić information content (AvgIpc) is 2.97. The summed E-state index contributed by atoms with van der Waals surface area (Å²) in [5, 5.41) is 13.4. The molecule has 0 radical (unpaired) electrons. The summed E-state index contributed by atoms with van der Waals surface area (Å²) in [6, 6.07) is 8.68. The lowest BCUT2D eigenvalue weighted by Gasteiger charge is -2.10. The van der Waals surface area contributed by atoms with Gasteiger partial charge in [-0.1, -0.05) is 23.7 Å². The fourth-order valence-electron chi connectivity index (χ4n) is 2.68. The van der Waals surface area contributed by atoms with Gasteiger partial charge in [0.05, 0.1) is 9.82 Å². The van der Waals surface area contributed by atoms with Crippen molar-refractivity contribution in [2.24, 2.45) is 4.99 Å². The highest BCUT2D eigenvalue weighted by Crippen LogP contribution is 2.27. The van der Waals surface area contributed by atoms with E-state index in [-0.39, 0.29) is 21.4 Å². The van der Waals surface area contributed by atoms with Crippen LogP contribution in [0.2, 0.25) is 5.02 Å². The van der Waals surface area contributed by atoms with Crippen molar-refractivity contribution in [3.8, 4) is 0 Å². The number of hydrogen-bond donors (Lipinski definition) is 2. The summed E-state index contributed by atoms with van der Waals surface area (Å²) in [6.07, 6.45) is 0. The van der Waals surface area contributed by atoms with Crippen LogP contribution < -0.4 is 10.0 Å². The number of fused-ring (bicyclic) bond motifs is 1. The molecule has 0 fully saturated rings. The first kappa shape index (κ1) is 22.2. The minimum atomic E-state index is -3.76. The number of amides is 1. The number of carbonyl (C=O) groups excluding carboxylic acids is 2. The Kier molecular flexibility index (Phi) is 6.22. The Morgan fingerprint density at radius 1 is 1.29 bits per heavy atom. The highest BCUT2D eigenvalue weighted by atomic mass is 35.5. The number of nitrogens with zero attached hydrogens (tertiary/aromatic N) is 2. The molecule has 1 aliphatic rings. The Morgan fingerprint density at radius 2 is 2.00 bits per heavy atom. The molecule has 162 valence electrons. The second kappa shape index (κ2) is 8.70. The van der Waals surface area contributed by atoms with Crippen molar-refractivity contribution in [1.29, 1.82) is 0 Å². The van der Waals surface area contributed by atoms with Crippen LogP contribution in [0.1, 0.15) is 12.5 Å². The van der Waals surface area contributed by atoms with Gasteiger partial charge in [-0.2, -0.15) is 0 Å². The van der Waals surface area contributed by atoms with Crippen LogP contribution in [0.15, 0.2) is 52.4 Å². The molecule has 1 aliphatic heterocycles. The predicted octanol–water partition coefficient (Wildman–Crippen LogP) is 1.86. The van der Waals surface area contributed by atoms with E-state index in [0.29, 0.717) is 5.56 Å². The van der Waals surface area contributed by atoms with Gasteiger partial charge in [0, 0.05) is 16.7 Å². The van der Waals surface area contributed by atoms with E-state index >= 15 is 0 Å². The van der Waals surface area contributed by atoms with E-state index in [2.05, 4.69) is 15.0 Å². The van der Waals surface area contributed by atoms with Crippen molar-refractivity contribution < 1.29 is 27.7 Å². The van der Waals surface area contributed by atoms with Gasteiger partial charge >= 0.3 is 5.97 Å². The maximum absolute atomic E-state index is 12.2. The molecule has 3 rings (SSSR count). The van der Waals surface area contributed by atoms with Gasteiger partial charge in [0.1, 0.15) is 17.6 Å². The fraction of sp³-hybridized carbons (Fsp3) is 0.167.